The molecule has 1 atom stereocenters. The lowest BCUT2D eigenvalue weighted by atomic mass is 9.95. The van der Waals surface area contributed by atoms with Gasteiger partial charge in [-0.1, -0.05) is 23.5 Å². The molecule has 7 nitrogen and oxygen atoms in total. The van der Waals surface area contributed by atoms with Gasteiger partial charge in [-0.05, 0) is 50.6 Å². The molecule has 3 heterocycles. The first-order valence-corrected chi connectivity index (χ1v) is 11.1. The molecule has 32 heavy (non-hydrogen) atoms. The molecular weight excluding hydrogens is 426 g/mol. The fraction of sp³-hybridized carbons (Fsp3) is 0.292. The van der Waals surface area contributed by atoms with E-state index >= 15 is 0 Å². The van der Waals surface area contributed by atoms with Crippen LogP contribution >= 0.6 is 11.3 Å². The molecule has 0 saturated carbocycles. The standard InChI is InChI=1S/C24H25N3O4S/c1-6-30-23(29)20-15(3)25-24-27(21(20)16-8-10-17(11-9-16)26(4)5)22(28)19(32-24)13-18-12-7-14(2)31-18/h7-13,21H,6H2,1-5H3/b19-13+/t21-/m1/s1. The number of aromatic nitrogens is 1. The Kier molecular flexibility index (Phi) is 5.88. The van der Waals surface area contributed by atoms with Crippen LogP contribution in [-0.4, -0.2) is 31.2 Å². The Morgan fingerprint density at radius 1 is 1.22 bits per heavy atom. The van der Waals surface area contributed by atoms with E-state index in [4.69, 9.17) is 9.15 Å². The largest absolute Gasteiger partial charge is 0.463 e. The van der Waals surface area contributed by atoms with Crippen LogP contribution in [0, 0.1) is 6.92 Å². The number of ether oxygens (including phenoxy) is 1. The van der Waals surface area contributed by atoms with E-state index in [1.165, 1.54) is 11.3 Å². The van der Waals surface area contributed by atoms with Gasteiger partial charge in [0, 0.05) is 25.9 Å². The van der Waals surface area contributed by atoms with Crippen molar-refractivity contribution in [2.24, 2.45) is 4.99 Å². The fourth-order valence-electron chi connectivity index (χ4n) is 3.72. The van der Waals surface area contributed by atoms with Crippen LogP contribution in [0.15, 0.2) is 61.9 Å². The van der Waals surface area contributed by atoms with Crippen molar-refractivity contribution in [2.45, 2.75) is 26.8 Å². The van der Waals surface area contributed by atoms with Crippen LogP contribution in [-0.2, 0) is 9.53 Å². The van der Waals surface area contributed by atoms with Gasteiger partial charge >= 0.3 is 5.97 Å². The van der Waals surface area contributed by atoms with E-state index in [-0.39, 0.29) is 12.2 Å². The average molecular weight is 452 g/mol. The molecule has 0 fully saturated rings. The van der Waals surface area contributed by atoms with Crippen molar-refractivity contribution in [3.05, 3.63) is 84.4 Å². The third-order valence-electron chi connectivity index (χ3n) is 5.28. The number of furan rings is 1. The maximum absolute atomic E-state index is 13.5. The van der Waals surface area contributed by atoms with E-state index in [9.17, 15) is 9.59 Å². The van der Waals surface area contributed by atoms with Crippen molar-refractivity contribution < 1.29 is 13.9 Å². The van der Waals surface area contributed by atoms with Crippen LogP contribution in [0.25, 0.3) is 6.08 Å². The van der Waals surface area contributed by atoms with Crippen molar-refractivity contribution in [1.29, 1.82) is 0 Å². The minimum atomic E-state index is -0.623. The van der Waals surface area contributed by atoms with E-state index < -0.39 is 12.0 Å². The molecule has 0 amide bonds. The van der Waals surface area contributed by atoms with E-state index in [0.29, 0.717) is 26.4 Å². The first-order chi connectivity index (χ1) is 15.3. The number of hydrogen-bond donors (Lipinski definition) is 0. The van der Waals surface area contributed by atoms with Gasteiger partial charge in [0.05, 0.1) is 28.5 Å². The third kappa shape index (κ3) is 3.93. The van der Waals surface area contributed by atoms with Crippen molar-refractivity contribution in [3.63, 3.8) is 0 Å². The van der Waals surface area contributed by atoms with Crippen molar-refractivity contribution >= 4 is 29.1 Å². The minimum absolute atomic E-state index is 0.223. The van der Waals surface area contributed by atoms with Gasteiger partial charge in [-0.15, -0.1) is 0 Å². The lowest BCUT2D eigenvalue weighted by Gasteiger charge is -2.25. The first kappa shape index (κ1) is 21.8. The normalized spacial score (nSPS) is 16.0. The summed E-state index contributed by atoms with van der Waals surface area (Å²) in [6, 6.07) is 10.9. The Hall–Kier alpha value is -3.39. The summed E-state index contributed by atoms with van der Waals surface area (Å²) in [5.74, 6) is 0.899. The molecule has 0 bridgehead atoms. The molecule has 0 saturated heterocycles. The van der Waals surface area contributed by atoms with Gasteiger partial charge in [-0.3, -0.25) is 9.36 Å². The highest BCUT2D eigenvalue weighted by Gasteiger charge is 2.33. The summed E-state index contributed by atoms with van der Waals surface area (Å²) in [5, 5.41) is 0. The minimum Gasteiger partial charge on any atom is -0.463 e. The number of nitrogens with zero attached hydrogens (tertiary/aromatic N) is 3. The Bertz CT molecular complexity index is 1370. The van der Waals surface area contributed by atoms with E-state index in [1.54, 1.807) is 24.5 Å². The highest BCUT2D eigenvalue weighted by molar-refractivity contribution is 7.07. The van der Waals surface area contributed by atoms with Gasteiger partial charge in [0.1, 0.15) is 11.5 Å². The second-order valence-corrected chi connectivity index (χ2v) is 8.75. The number of allylic oxidation sites excluding steroid dienone is 1. The number of benzene rings is 1. The molecule has 0 spiro atoms. The SMILES string of the molecule is CCOC(=O)C1=C(C)N=c2s/c(=C/c3ccc(C)o3)c(=O)n2[C@@H]1c1ccc(N(C)C)cc1. The molecule has 8 heteroatoms. The second kappa shape index (κ2) is 8.63. The zero-order chi connectivity index (χ0) is 23.0. The highest BCUT2D eigenvalue weighted by atomic mass is 32.1. The van der Waals surface area contributed by atoms with Crippen LogP contribution < -0.4 is 19.8 Å². The van der Waals surface area contributed by atoms with E-state index in [0.717, 1.165) is 17.0 Å². The maximum atomic E-state index is 13.5. The molecule has 1 aliphatic rings. The predicted octanol–water partition coefficient (Wildman–Crippen LogP) is 2.77. The summed E-state index contributed by atoms with van der Waals surface area (Å²) >= 11 is 1.28. The van der Waals surface area contributed by atoms with Gasteiger partial charge < -0.3 is 14.1 Å². The molecule has 0 aliphatic carbocycles. The topological polar surface area (TPSA) is 77.0 Å². The summed E-state index contributed by atoms with van der Waals surface area (Å²) < 4.78 is 13.0. The van der Waals surface area contributed by atoms with Crippen LogP contribution in [0.2, 0.25) is 0 Å². The van der Waals surface area contributed by atoms with Crippen LogP contribution in [0.1, 0.15) is 37.0 Å². The fourth-order valence-corrected chi connectivity index (χ4v) is 4.75. The maximum Gasteiger partial charge on any atom is 0.338 e. The molecule has 166 valence electrons. The van der Waals surface area contributed by atoms with Crippen molar-refractivity contribution in [1.82, 2.24) is 4.57 Å². The number of thiazole rings is 1. The van der Waals surface area contributed by atoms with E-state index in [2.05, 4.69) is 4.99 Å². The number of hydrogen-bond acceptors (Lipinski definition) is 7. The van der Waals surface area contributed by atoms with Crippen LogP contribution in [0.5, 0.6) is 0 Å². The second-order valence-electron chi connectivity index (χ2n) is 7.74. The number of esters is 1. The number of carbonyl (C=O) groups is 1. The summed E-state index contributed by atoms with van der Waals surface area (Å²) in [5.41, 5.74) is 2.53. The summed E-state index contributed by atoms with van der Waals surface area (Å²) in [6.07, 6.45) is 1.71. The zero-order valence-electron chi connectivity index (χ0n) is 18.7. The quantitative estimate of drug-likeness (QED) is 0.558. The van der Waals surface area contributed by atoms with Gasteiger partial charge in [-0.25, -0.2) is 9.79 Å². The van der Waals surface area contributed by atoms with Gasteiger partial charge in [-0.2, -0.15) is 0 Å². The Morgan fingerprint density at radius 3 is 2.53 bits per heavy atom. The highest BCUT2D eigenvalue weighted by Crippen LogP contribution is 2.31. The Labute approximate surface area is 189 Å². The smallest absolute Gasteiger partial charge is 0.338 e. The molecule has 1 aromatic carbocycles. The first-order valence-electron chi connectivity index (χ1n) is 10.3. The average Bonchev–Trinajstić information content (AvgIpc) is 3.30. The molecule has 0 radical (unpaired) electrons. The lowest BCUT2D eigenvalue weighted by Crippen LogP contribution is -2.39. The molecule has 4 rings (SSSR count). The number of rotatable bonds is 5. The molecule has 0 N–H and O–H groups in total. The molecule has 0 unspecified atom stereocenters. The Balaban J connectivity index is 1.93. The van der Waals surface area contributed by atoms with Gasteiger partial charge in [0.25, 0.3) is 5.56 Å². The number of aryl methyl sites for hydroxylation is 1. The van der Waals surface area contributed by atoms with Crippen LogP contribution in [0.3, 0.4) is 0 Å². The molecule has 2 aromatic heterocycles. The number of fused-ring (bicyclic) bond motifs is 1. The summed E-state index contributed by atoms with van der Waals surface area (Å²) in [7, 11) is 3.92. The monoisotopic (exact) mass is 451 g/mol. The number of anilines is 1. The van der Waals surface area contributed by atoms with E-state index in [1.807, 2.05) is 62.3 Å². The summed E-state index contributed by atoms with van der Waals surface area (Å²) in [6.45, 7) is 5.63. The van der Waals surface area contributed by atoms with Crippen LogP contribution in [0.4, 0.5) is 5.69 Å². The molecule has 1 aliphatic heterocycles. The summed E-state index contributed by atoms with van der Waals surface area (Å²) in [4.78, 5) is 33.5. The van der Waals surface area contributed by atoms with Gasteiger partial charge in [0.15, 0.2) is 4.80 Å². The van der Waals surface area contributed by atoms with Gasteiger partial charge in [0.2, 0.25) is 0 Å². The zero-order valence-corrected chi connectivity index (χ0v) is 19.5. The number of carbonyl (C=O) groups excluding carboxylic acids is 1. The molecule has 3 aromatic rings. The van der Waals surface area contributed by atoms with Crippen molar-refractivity contribution in [2.75, 3.05) is 25.6 Å². The third-order valence-corrected chi connectivity index (χ3v) is 6.26. The Morgan fingerprint density at radius 2 is 1.94 bits per heavy atom. The predicted molar refractivity (Wildman–Crippen MR) is 125 cm³/mol. The van der Waals surface area contributed by atoms with Crippen molar-refractivity contribution in [3.8, 4) is 0 Å². The lowest BCUT2D eigenvalue weighted by molar-refractivity contribution is -0.139. The molecular formula is C24H25N3O4S.